The number of fused-ring (bicyclic) bond motifs is 1. The predicted octanol–water partition coefficient (Wildman–Crippen LogP) is -1.95. The molecule has 9 nitrogen and oxygen atoms in total. The summed E-state index contributed by atoms with van der Waals surface area (Å²) in [6.45, 7) is -0.0584. The Morgan fingerprint density at radius 3 is 2.95 bits per heavy atom. The Labute approximate surface area is 114 Å². The molecule has 0 aromatic carbocycles. The summed E-state index contributed by atoms with van der Waals surface area (Å²) in [5, 5.41) is 10.2. The molecule has 2 fully saturated rings. The molecule has 1 aromatic heterocycles. The van der Waals surface area contributed by atoms with Crippen LogP contribution in [0, 0.1) is 0 Å². The molecular formula is C9H11BN2O7P+. The highest BCUT2D eigenvalue weighted by Crippen LogP contribution is 2.58. The lowest BCUT2D eigenvalue weighted by Gasteiger charge is -2.27. The quantitative estimate of drug-likeness (QED) is 0.407. The van der Waals surface area contributed by atoms with Gasteiger partial charge >= 0.3 is 21.1 Å². The standard InChI is InChI=1S/C9H11BN2O7P/c10-20(16)17-3-4-7(19-20)6(14)8(18-4)12-2-1-5(13)11-9(12)15/h1-2,4,6-8,14,16H,3H2,(H,11,13,15)/q+1/t4?,6?,7-,8?,20?/m1/s1. The van der Waals surface area contributed by atoms with Gasteiger partial charge in [0.05, 0.1) is 0 Å². The van der Waals surface area contributed by atoms with E-state index in [1.165, 1.54) is 6.20 Å². The summed E-state index contributed by atoms with van der Waals surface area (Å²) < 4.78 is 16.5. The highest BCUT2D eigenvalue weighted by atomic mass is 31.2. The first kappa shape index (κ1) is 13.9. The molecule has 0 amide bonds. The van der Waals surface area contributed by atoms with Crippen LogP contribution >= 0.6 is 7.82 Å². The topological polar surface area (TPSA) is 123 Å². The van der Waals surface area contributed by atoms with Crippen molar-refractivity contribution in [2.45, 2.75) is 24.5 Å². The number of hydrogen-bond acceptors (Lipinski definition) is 7. The summed E-state index contributed by atoms with van der Waals surface area (Å²) in [6.07, 6.45) is -2.66. The van der Waals surface area contributed by atoms with Crippen LogP contribution in [-0.2, 0) is 13.8 Å². The largest absolute Gasteiger partial charge is 0.488 e. The maximum absolute atomic E-state index is 11.7. The second-order valence-corrected chi connectivity index (χ2v) is 6.10. The number of aliphatic hydroxyl groups is 1. The van der Waals surface area contributed by atoms with Crippen LogP contribution in [0.4, 0.5) is 0 Å². The molecule has 4 unspecified atom stereocenters. The van der Waals surface area contributed by atoms with Gasteiger partial charge in [0.2, 0.25) is 0 Å². The number of nitrogens with zero attached hydrogens (tertiary/aromatic N) is 1. The van der Waals surface area contributed by atoms with Crippen molar-refractivity contribution in [3.63, 3.8) is 0 Å². The first-order valence-electron chi connectivity index (χ1n) is 5.76. The molecule has 0 saturated carbocycles. The number of aromatic nitrogens is 2. The van der Waals surface area contributed by atoms with Crippen LogP contribution in [0.3, 0.4) is 0 Å². The zero-order valence-electron chi connectivity index (χ0n) is 10.1. The molecule has 2 radical (unpaired) electrons. The van der Waals surface area contributed by atoms with Gasteiger partial charge in [0, 0.05) is 12.3 Å². The van der Waals surface area contributed by atoms with Gasteiger partial charge in [-0.2, -0.15) is 9.05 Å². The second kappa shape index (κ2) is 4.76. The number of nitrogens with one attached hydrogen (secondary N) is 1. The zero-order valence-corrected chi connectivity index (χ0v) is 11.0. The summed E-state index contributed by atoms with van der Waals surface area (Å²) in [7, 11) is 1.90. The number of H-pyrrole nitrogens is 1. The Kier molecular flexibility index (Phi) is 3.32. The van der Waals surface area contributed by atoms with Gasteiger partial charge in [0.15, 0.2) is 12.3 Å². The number of aliphatic hydroxyl groups excluding tert-OH is 1. The number of hydrogen-bond donors (Lipinski definition) is 3. The molecular weight excluding hydrogens is 290 g/mol. The maximum atomic E-state index is 11.7. The van der Waals surface area contributed by atoms with Crippen LogP contribution in [0.25, 0.3) is 0 Å². The fraction of sp³-hybridized carbons (Fsp3) is 0.556. The van der Waals surface area contributed by atoms with Crippen LogP contribution < -0.4 is 11.2 Å². The molecule has 20 heavy (non-hydrogen) atoms. The van der Waals surface area contributed by atoms with Crippen molar-refractivity contribution in [1.29, 1.82) is 0 Å². The minimum absolute atomic E-state index is 0.0584. The smallest absolute Gasteiger partial charge is 0.385 e. The summed E-state index contributed by atoms with van der Waals surface area (Å²) in [5.41, 5.74) is -1.28. The van der Waals surface area contributed by atoms with Crippen LogP contribution in [0.15, 0.2) is 21.9 Å². The van der Waals surface area contributed by atoms with Gasteiger partial charge in [-0.1, -0.05) is 0 Å². The average Bonchev–Trinajstić information content (AvgIpc) is 2.66. The van der Waals surface area contributed by atoms with Gasteiger partial charge in [-0.3, -0.25) is 14.3 Å². The Hall–Kier alpha value is -1.03. The minimum atomic E-state index is -3.47. The molecule has 2 saturated heterocycles. The highest BCUT2D eigenvalue weighted by Gasteiger charge is 2.56. The van der Waals surface area contributed by atoms with Crippen LogP contribution in [0.1, 0.15) is 6.23 Å². The lowest BCUT2D eigenvalue weighted by molar-refractivity contribution is -0.0630. The first-order chi connectivity index (χ1) is 9.37. The molecule has 11 heteroatoms. The van der Waals surface area contributed by atoms with Gasteiger partial charge in [-0.25, -0.2) is 9.69 Å². The third-order valence-electron chi connectivity index (χ3n) is 3.13. The maximum Gasteiger partial charge on any atom is 0.488 e. The third-order valence-corrected chi connectivity index (χ3v) is 4.20. The predicted molar refractivity (Wildman–Crippen MR) is 67.0 cm³/mol. The molecule has 2 aliphatic rings. The molecule has 0 bridgehead atoms. The molecule has 1 aromatic rings. The fourth-order valence-corrected chi connectivity index (χ4v) is 3.26. The van der Waals surface area contributed by atoms with Gasteiger partial charge in [0.25, 0.3) is 5.56 Å². The van der Waals surface area contributed by atoms with E-state index in [0.29, 0.717) is 0 Å². The minimum Gasteiger partial charge on any atom is -0.385 e. The van der Waals surface area contributed by atoms with E-state index in [1.54, 1.807) is 0 Å². The van der Waals surface area contributed by atoms with E-state index < -0.39 is 43.6 Å². The lowest BCUT2D eigenvalue weighted by Crippen LogP contribution is -2.41. The van der Waals surface area contributed by atoms with Crippen molar-refractivity contribution >= 4 is 15.4 Å². The third kappa shape index (κ3) is 2.35. The van der Waals surface area contributed by atoms with E-state index >= 15 is 0 Å². The number of aromatic amines is 1. The van der Waals surface area contributed by atoms with Gasteiger partial charge < -0.3 is 9.84 Å². The molecule has 3 heterocycles. The van der Waals surface area contributed by atoms with E-state index in [0.717, 1.165) is 10.6 Å². The van der Waals surface area contributed by atoms with Crippen molar-refractivity contribution in [3.05, 3.63) is 33.1 Å². The van der Waals surface area contributed by atoms with Gasteiger partial charge in [0.1, 0.15) is 18.8 Å². The molecule has 3 N–H and O–H groups in total. The van der Waals surface area contributed by atoms with Crippen molar-refractivity contribution in [3.8, 4) is 0 Å². The molecule has 0 spiro atoms. The van der Waals surface area contributed by atoms with Crippen molar-refractivity contribution < 1.29 is 23.8 Å². The second-order valence-electron chi connectivity index (χ2n) is 4.50. The van der Waals surface area contributed by atoms with E-state index in [2.05, 4.69) is 4.98 Å². The van der Waals surface area contributed by atoms with E-state index in [9.17, 15) is 19.6 Å². The number of rotatable bonds is 1. The molecule has 3 rings (SSSR count). The van der Waals surface area contributed by atoms with E-state index in [-0.39, 0.29) is 6.61 Å². The van der Waals surface area contributed by atoms with E-state index in [1.807, 2.05) is 0 Å². The molecule has 106 valence electrons. The highest BCUT2D eigenvalue weighted by molar-refractivity contribution is 7.85. The summed E-state index contributed by atoms with van der Waals surface area (Å²) in [4.78, 5) is 34.3. The van der Waals surface area contributed by atoms with Crippen LogP contribution in [0.5, 0.6) is 0 Å². The summed E-state index contributed by atoms with van der Waals surface area (Å²) in [5.74, 6) is 0. The molecule has 2 aliphatic heterocycles. The summed E-state index contributed by atoms with van der Waals surface area (Å²) >= 11 is 0. The number of ether oxygens (including phenoxy) is 1. The molecule has 0 aliphatic carbocycles. The monoisotopic (exact) mass is 301 g/mol. The van der Waals surface area contributed by atoms with Crippen molar-refractivity contribution in [1.82, 2.24) is 9.55 Å². The fourth-order valence-electron chi connectivity index (χ4n) is 2.23. The van der Waals surface area contributed by atoms with Crippen molar-refractivity contribution in [2.75, 3.05) is 6.61 Å². The van der Waals surface area contributed by atoms with Crippen LogP contribution in [0.2, 0.25) is 0 Å². The Morgan fingerprint density at radius 1 is 1.50 bits per heavy atom. The Morgan fingerprint density at radius 2 is 2.25 bits per heavy atom. The Bertz CT molecular complexity index is 631. The van der Waals surface area contributed by atoms with E-state index in [4.69, 9.17) is 21.4 Å². The SMILES string of the molecule is [B][P+]1(O)OCC2OC(n3ccc(=O)[nH]c3=O)C(O)[C@@H]2O1. The van der Waals surface area contributed by atoms with Crippen molar-refractivity contribution in [2.24, 2.45) is 0 Å². The van der Waals surface area contributed by atoms with Crippen LogP contribution in [-0.4, -0.2) is 52.0 Å². The lowest BCUT2D eigenvalue weighted by atomic mass is 10.1. The first-order valence-corrected chi connectivity index (χ1v) is 7.40. The average molecular weight is 301 g/mol. The van der Waals surface area contributed by atoms with Gasteiger partial charge in [-0.05, 0) is 0 Å². The zero-order chi connectivity index (χ0) is 14.5. The summed E-state index contributed by atoms with van der Waals surface area (Å²) in [6, 6.07) is 1.13. The molecule has 5 atom stereocenters. The normalized spacial score (nSPS) is 40.5. The van der Waals surface area contributed by atoms with Gasteiger partial charge in [-0.15, -0.1) is 0 Å². The Balaban J connectivity index is 1.90.